The Hall–Kier alpha value is -9.07. The highest BCUT2D eigenvalue weighted by molar-refractivity contribution is 7.16. The highest BCUT2D eigenvalue weighted by Gasteiger charge is 2.44. The molecule has 1 atom stereocenters. The molecule has 0 fully saturated rings. The van der Waals surface area contributed by atoms with Gasteiger partial charge in [0.1, 0.15) is 8.07 Å². The van der Waals surface area contributed by atoms with Crippen molar-refractivity contribution in [2.45, 2.75) is 32.4 Å². The third-order valence-corrected chi connectivity index (χ3v) is 25.1. The van der Waals surface area contributed by atoms with E-state index in [0.717, 1.165) is 23.4 Å². The molecule has 10 aromatic carbocycles. The zero-order valence-corrected chi connectivity index (χ0v) is 47.1. The molecule has 380 valence electrons. The Balaban J connectivity index is 1.14. The molecule has 0 amide bonds. The zero-order chi connectivity index (χ0) is 53.5. The van der Waals surface area contributed by atoms with Crippen LogP contribution in [-0.4, -0.2) is 20.7 Å². The van der Waals surface area contributed by atoms with Gasteiger partial charge in [-0.05, 0) is 109 Å². The fraction of sp³-hybridized carbons (Fsp3) is 0.0667. The van der Waals surface area contributed by atoms with Crippen LogP contribution in [0.2, 0.25) is 13.1 Å². The van der Waals surface area contributed by atoms with Crippen LogP contribution in [0.15, 0.2) is 303 Å². The standard InChI is InChI=1S/C75H62N2Si2/c1-5-7-8-11-30-54(61-40-28-41-62-60-36-17-16-31-55(60)52-66(61)62)51-58(29-6-2)79(56-32-12-9-13-33-56,57-34-14-10-15-35-57)59-49-50-71(77-72-45-24-26-47-74(72)78(3,4)75-48-27-25-46-73(75)77)67(53-59)65-39-20-23-44-70(65)76-68-42-21-18-37-63(68)64-38-19-22-43-69(64)76/h5-51,53-54H,1,52H2,2-4H3/b8-7-,29-6-,30-11-,58-51+. The molecule has 13 rings (SSSR count). The van der Waals surface area contributed by atoms with Gasteiger partial charge in [-0.25, -0.2) is 0 Å². The van der Waals surface area contributed by atoms with Crippen molar-refractivity contribution < 1.29 is 0 Å². The highest BCUT2D eigenvalue weighted by atomic mass is 28.3. The molecule has 1 aliphatic heterocycles. The third-order valence-electron chi connectivity index (χ3n) is 16.8. The average molecular weight is 1050 g/mol. The quantitative estimate of drug-likeness (QED) is 0.0635. The molecule has 0 saturated carbocycles. The number of para-hydroxylation sites is 5. The van der Waals surface area contributed by atoms with Gasteiger partial charge in [-0.15, -0.1) is 0 Å². The van der Waals surface area contributed by atoms with Crippen LogP contribution >= 0.6 is 0 Å². The normalized spacial score (nSPS) is 14.2. The molecule has 0 radical (unpaired) electrons. The van der Waals surface area contributed by atoms with Gasteiger partial charge in [-0.2, -0.15) is 0 Å². The van der Waals surface area contributed by atoms with Gasteiger partial charge in [0.25, 0.3) is 0 Å². The second-order valence-electron chi connectivity index (χ2n) is 21.5. The second kappa shape index (κ2) is 20.7. The predicted molar refractivity (Wildman–Crippen MR) is 344 cm³/mol. The van der Waals surface area contributed by atoms with E-state index in [2.05, 4.69) is 315 Å². The molecule has 0 bridgehead atoms. The maximum absolute atomic E-state index is 4.01. The first kappa shape index (κ1) is 49.5. The Bertz CT molecular complexity index is 4110. The Kier molecular flexibility index (Phi) is 13.0. The van der Waals surface area contributed by atoms with Gasteiger partial charge in [0, 0.05) is 39.2 Å². The van der Waals surface area contributed by atoms with Crippen molar-refractivity contribution in [2.75, 3.05) is 4.90 Å². The fourth-order valence-electron chi connectivity index (χ4n) is 13.3. The molecule has 0 N–H and O–H groups in total. The SMILES string of the molecule is C=C/C=C\C=C/C(/C=C(\C=C/C)[Si](c1ccccc1)(c1ccccc1)c1ccc(N2c3ccccc3[Si](C)(C)c3ccccc32)c(-c2ccccc2-n2c3ccccc3c3ccccc32)c1)c1cccc2c1Cc1ccccc1-2. The second-order valence-corrected chi connectivity index (χ2v) is 29.6. The van der Waals surface area contributed by atoms with Crippen LogP contribution in [0.3, 0.4) is 0 Å². The van der Waals surface area contributed by atoms with Crippen LogP contribution in [0, 0.1) is 0 Å². The smallest absolute Gasteiger partial charge is 0.179 e. The minimum absolute atomic E-state index is 0.0622. The molecule has 2 aliphatic rings. The molecule has 0 spiro atoms. The molecule has 1 aromatic heterocycles. The van der Waals surface area contributed by atoms with Crippen molar-refractivity contribution in [1.29, 1.82) is 0 Å². The van der Waals surface area contributed by atoms with Gasteiger partial charge in [-0.1, -0.05) is 275 Å². The summed E-state index contributed by atoms with van der Waals surface area (Å²) in [6, 6.07) is 91.7. The number of hydrogen-bond acceptors (Lipinski definition) is 1. The number of rotatable bonds is 13. The maximum atomic E-state index is 4.01. The summed E-state index contributed by atoms with van der Waals surface area (Å²) in [6.45, 7) is 11.2. The summed E-state index contributed by atoms with van der Waals surface area (Å²) in [5, 5.41) is 10.6. The maximum Gasteiger partial charge on any atom is 0.179 e. The topological polar surface area (TPSA) is 8.17 Å². The average Bonchev–Trinajstić information content (AvgIpc) is 4.15. The third kappa shape index (κ3) is 8.30. The van der Waals surface area contributed by atoms with Crippen LogP contribution < -0.4 is 30.8 Å². The monoisotopic (exact) mass is 1050 g/mol. The highest BCUT2D eigenvalue weighted by Crippen LogP contribution is 2.46. The Morgan fingerprint density at radius 3 is 1.70 bits per heavy atom. The molecule has 79 heavy (non-hydrogen) atoms. The van der Waals surface area contributed by atoms with E-state index in [9.17, 15) is 0 Å². The fourth-order valence-corrected chi connectivity index (χ4v) is 21.2. The van der Waals surface area contributed by atoms with Crippen molar-refractivity contribution in [3.8, 4) is 27.9 Å². The number of anilines is 3. The number of hydrogen-bond donors (Lipinski definition) is 0. The summed E-state index contributed by atoms with van der Waals surface area (Å²) < 4.78 is 2.50. The van der Waals surface area contributed by atoms with E-state index in [-0.39, 0.29) is 5.92 Å². The van der Waals surface area contributed by atoms with Crippen LogP contribution in [0.4, 0.5) is 17.1 Å². The largest absolute Gasteiger partial charge is 0.310 e. The molecular formula is C75H62N2Si2. The first-order chi connectivity index (χ1) is 38.9. The Morgan fingerprint density at radius 1 is 0.494 bits per heavy atom. The summed E-state index contributed by atoms with van der Waals surface area (Å²) in [4.78, 5) is 2.59. The lowest BCUT2D eigenvalue weighted by atomic mass is 9.90. The van der Waals surface area contributed by atoms with E-state index < -0.39 is 16.1 Å². The molecule has 11 aromatic rings. The summed E-state index contributed by atoms with van der Waals surface area (Å²) in [7, 11) is -5.42. The van der Waals surface area contributed by atoms with Crippen molar-refractivity contribution in [1.82, 2.24) is 4.57 Å². The van der Waals surface area contributed by atoms with E-state index in [1.807, 2.05) is 12.2 Å². The van der Waals surface area contributed by atoms with Gasteiger partial charge in [0.2, 0.25) is 0 Å². The minimum Gasteiger partial charge on any atom is -0.310 e. The van der Waals surface area contributed by atoms with Gasteiger partial charge in [-0.3, -0.25) is 0 Å². The van der Waals surface area contributed by atoms with Crippen molar-refractivity contribution >= 4 is 80.9 Å². The number of benzene rings is 10. The Morgan fingerprint density at radius 2 is 1.05 bits per heavy atom. The number of fused-ring (bicyclic) bond motifs is 8. The molecular weight excluding hydrogens is 985 g/mol. The van der Waals surface area contributed by atoms with E-state index in [4.69, 9.17) is 0 Å². The van der Waals surface area contributed by atoms with Crippen molar-refractivity contribution in [2.24, 2.45) is 0 Å². The first-order valence-electron chi connectivity index (χ1n) is 27.8. The summed E-state index contributed by atoms with van der Waals surface area (Å²) in [5.41, 5.74) is 16.3. The molecule has 2 nitrogen and oxygen atoms in total. The molecule has 1 aliphatic carbocycles. The van der Waals surface area contributed by atoms with Gasteiger partial charge >= 0.3 is 0 Å². The lowest BCUT2D eigenvalue weighted by Gasteiger charge is -2.42. The van der Waals surface area contributed by atoms with Gasteiger partial charge in [0.15, 0.2) is 8.07 Å². The van der Waals surface area contributed by atoms with Gasteiger partial charge < -0.3 is 9.47 Å². The number of nitrogens with zero attached hydrogens (tertiary/aromatic N) is 2. The van der Waals surface area contributed by atoms with Crippen LogP contribution in [-0.2, 0) is 6.42 Å². The lowest BCUT2D eigenvalue weighted by molar-refractivity contribution is 1.04. The minimum atomic E-state index is -3.30. The van der Waals surface area contributed by atoms with Crippen LogP contribution in [0.5, 0.6) is 0 Å². The summed E-state index contributed by atoms with van der Waals surface area (Å²) in [5.74, 6) is -0.0622. The van der Waals surface area contributed by atoms with Crippen LogP contribution in [0.25, 0.3) is 49.7 Å². The zero-order valence-electron chi connectivity index (χ0n) is 45.1. The van der Waals surface area contributed by atoms with Crippen LogP contribution in [0.1, 0.15) is 29.5 Å². The number of allylic oxidation sites excluding steroid dienone is 9. The molecule has 1 unspecified atom stereocenters. The molecule has 2 heterocycles. The van der Waals surface area contributed by atoms with Gasteiger partial charge in [0.05, 0.1) is 22.4 Å². The van der Waals surface area contributed by atoms with E-state index in [1.165, 1.54) is 97.7 Å². The summed E-state index contributed by atoms with van der Waals surface area (Å²) >= 11 is 0. The Labute approximate surface area is 467 Å². The van der Waals surface area contributed by atoms with E-state index in [1.54, 1.807) is 0 Å². The number of aromatic nitrogens is 1. The predicted octanol–water partition coefficient (Wildman–Crippen LogP) is 16.2. The van der Waals surface area contributed by atoms with E-state index in [0.29, 0.717) is 0 Å². The lowest BCUT2D eigenvalue weighted by Crippen LogP contribution is -2.68. The van der Waals surface area contributed by atoms with Crippen molar-refractivity contribution in [3.63, 3.8) is 0 Å². The van der Waals surface area contributed by atoms with E-state index >= 15 is 0 Å². The summed E-state index contributed by atoms with van der Waals surface area (Å²) in [6.07, 6.45) is 18.8. The van der Waals surface area contributed by atoms with Crippen molar-refractivity contribution in [3.05, 3.63) is 320 Å². The molecule has 4 heteroatoms. The first-order valence-corrected chi connectivity index (χ1v) is 32.8. The molecule has 0 saturated heterocycles.